The monoisotopic (exact) mass is 370 g/mol. The van der Waals surface area contributed by atoms with Gasteiger partial charge in [0.05, 0.1) is 11.7 Å². The van der Waals surface area contributed by atoms with Gasteiger partial charge < -0.3 is 5.32 Å². The number of carbonyl (C=O) groups is 1. The highest BCUT2D eigenvalue weighted by molar-refractivity contribution is 7.07. The molecule has 0 saturated carbocycles. The van der Waals surface area contributed by atoms with E-state index in [2.05, 4.69) is 56.4 Å². The standard InChI is InChI=1S/C18H22N6OS/c1-3-23(4-2)17(15-8-9-26-12-15)11-19-18(25)14-6-5-7-16(10-14)24-13-20-21-22-24/h5-10,12-13,17H,3-4,11H2,1-2H3,(H,19,25). The van der Waals surface area contributed by atoms with Gasteiger partial charge in [-0.2, -0.15) is 11.3 Å². The number of aromatic nitrogens is 4. The molecule has 0 radical (unpaired) electrons. The summed E-state index contributed by atoms with van der Waals surface area (Å²) in [6.07, 6.45) is 1.50. The first-order valence-corrected chi connectivity index (χ1v) is 9.55. The summed E-state index contributed by atoms with van der Waals surface area (Å²) in [5, 5.41) is 18.4. The summed E-state index contributed by atoms with van der Waals surface area (Å²) >= 11 is 1.68. The normalized spacial score (nSPS) is 12.3. The maximum absolute atomic E-state index is 12.7. The van der Waals surface area contributed by atoms with Crippen molar-refractivity contribution in [3.8, 4) is 5.69 Å². The van der Waals surface area contributed by atoms with Crippen LogP contribution in [0.1, 0.15) is 35.8 Å². The van der Waals surface area contributed by atoms with Gasteiger partial charge in [-0.3, -0.25) is 9.69 Å². The lowest BCUT2D eigenvalue weighted by Gasteiger charge is -2.29. The fourth-order valence-corrected chi connectivity index (χ4v) is 3.65. The summed E-state index contributed by atoms with van der Waals surface area (Å²) in [4.78, 5) is 15.0. The average molecular weight is 370 g/mol. The Morgan fingerprint density at radius 2 is 2.15 bits per heavy atom. The zero-order chi connectivity index (χ0) is 18.4. The predicted octanol–water partition coefficient (Wildman–Crippen LogP) is 2.54. The van der Waals surface area contributed by atoms with Gasteiger partial charge in [0.25, 0.3) is 5.91 Å². The van der Waals surface area contributed by atoms with Crippen molar-refractivity contribution < 1.29 is 4.79 Å². The van der Waals surface area contributed by atoms with E-state index in [-0.39, 0.29) is 11.9 Å². The Kier molecular flexibility index (Phi) is 6.08. The summed E-state index contributed by atoms with van der Waals surface area (Å²) < 4.78 is 1.53. The zero-order valence-electron chi connectivity index (χ0n) is 14.9. The molecule has 0 fully saturated rings. The summed E-state index contributed by atoms with van der Waals surface area (Å²) in [7, 11) is 0. The molecule has 0 aliphatic carbocycles. The van der Waals surface area contributed by atoms with Gasteiger partial charge in [-0.05, 0) is 64.1 Å². The van der Waals surface area contributed by atoms with Crippen LogP contribution < -0.4 is 5.32 Å². The van der Waals surface area contributed by atoms with Crippen LogP contribution in [0.15, 0.2) is 47.4 Å². The molecule has 26 heavy (non-hydrogen) atoms. The highest BCUT2D eigenvalue weighted by Crippen LogP contribution is 2.22. The molecule has 2 aromatic heterocycles. The van der Waals surface area contributed by atoms with E-state index >= 15 is 0 Å². The summed E-state index contributed by atoms with van der Waals surface area (Å²) in [6.45, 7) is 6.70. The van der Waals surface area contributed by atoms with Crippen molar-refractivity contribution >= 4 is 17.2 Å². The minimum absolute atomic E-state index is 0.104. The number of amides is 1. The molecule has 7 nitrogen and oxygen atoms in total. The van der Waals surface area contributed by atoms with Gasteiger partial charge in [-0.25, -0.2) is 4.68 Å². The lowest BCUT2D eigenvalue weighted by molar-refractivity contribution is 0.0935. The topological polar surface area (TPSA) is 75.9 Å². The highest BCUT2D eigenvalue weighted by atomic mass is 32.1. The number of hydrogen-bond donors (Lipinski definition) is 1. The number of carbonyl (C=O) groups excluding carboxylic acids is 1. The third-order valence-corrected chi connectivity index (χ3v) is 5.06. The van der Waals surface area contributed by atoms with Gasteiger partial charge >= 0.3 is 0 Å². The molecular formula is C18H22N6OS. The Balaban J connectivity index is 1.72. The quantitative estimate of drug-likeness (QED) is 0.659. The molecule has 1 atom stereocenters. The summed E-state index contributed by atoms with van der Waals surface area (Å²) in [5.41, 5.74) is 2.57. The number of rotatable bonds is 8. The van der Waals surface area contributed by atoms with E-state index in [1.807, 2.05) is 12.1 Å². The molecule has 0 aliphatic rings. The first-order chi connectivity index (χ1) is 12.7. The van der Waals surface area contributed by atoms with E-state index in [0.29, 0.717) is 12.1 Å². The van der Waals surface area contributed by atoms with E-state index in [1.54, 1.807) is 23.5 Å². The first kappa shape index (κ1) is 18.2. The van der Waals surface area contributed by atoms with E-state index < -0.39 is 0 Å². The Bertz CT molecular complexity index is 814. The minimum atomic E-state index is -0.104. The number of tetrazole rings is 1. The van der Waals surface area contributed by atoms with Crippen LogP contribution >= 0.6 is 11.3 Å². The van der Waals surface area contributed by atoms with Crippen LogP contribution in [0.4, 0.5) is 0 Å². The summed E-state index contributed by atoms with van der Waals surface area (Å²) in [5.74, 6) is -0.104. The molecule has 3 rings (SSSR count). The van der Waals surface area contributed by atoms with Gasteiger partial charge in [0, 0.05) is 12.1 Å². The molecule has 1 unspecified atom stereocenters. The SMILES string of the molecule is CCN(CC)C(CNC(=O)c1cccc(-n2cnnn2)c1)c1ccsc1. The van der Waals surface area contributed by atoms with Crippen LogP contribution in [-0.2, 0) is 0 Å². The van der Waals surface area contributed by atoms with Gasteiger partial charge in [-0.1, -0.05) is 19.9 Å². The Morgan fingerprint density at radius 3 is 2.81 bits per heavy atom. The van der Waals surface area contributed by atoms with Gasteiger partial charge in [-0.15, -0.1) is 5.10 Å². The largest absolute Gasteiger partial charge is 0.350 e. The van der Waals surface area contributed by atoms with Gasteiger partial charge in [0.2, 0.25) is 0 Å². The van der Waals surface area contributed by atoms with Crippen molar-refractivity contribution in [1.82, 2.24) is 30.4 Å². The second kappa shape index (κ2) is 8.68. The molecule has 8 heteroatoms. The van der Waals surface area contributed by atoms with E-state index in [4.69, 9.17) is 0 Å². The number of nitrogens with one attached hydrogen (secondary N) is 1. The molecule has 1 amide bonds. The molecule has 3 aromatic rings. The van der Waals surface area contributed by atoms with Gasteiger partial charge in [0.1, 0.15) is 6.33 Å². The van der Waals surface area contributed by atoms with Crippen molar-refractivity contribution in [1.29, 1.82) is 0 Å². The maximum Gasteiger partial charge on any atom is 0.251 e. The highest BCUT2D eigenvalue weighted by Gasteiger charge is 2.19. The van der Waals surface area contributed by atoms with E-state index in [9.17, 15) is 4.79 Å². The predicted molar refractivity (Wildman–Crippen MR) is 101 cm³/mol. The molecule has 136 valence electrons. The van der Waals surface area contributed by atoms with Crippen molar-refractivity contribution in [2.75, 3.05) is 19.6 Å². The lowest BCUT2D eigenvalue weighted by Crippen LogP contribution is -2.37. The number of likely N-dealkylation sites (N-methyl/N-ethyl adjacent to an activating group) is 1. The lowest BCUT2D eigenvalue weighted by atomic mass is 10.1. The number of hydrogen-bond acceptors (Lipinski definition) is 6. The summed E-state index contributed by atoms with van der Waals surface area (Å²) in [6, 6.07) is 9.55. The molecule has 1 aromatic carbocycles. The Hall–Kier alpha value is -2.58. The van der Waals surface area contributed by atoms with E-state index in [1.165, 1.54) is 16.6 Å². The van der Waals surface area contributed by atoms with Crippen molar-refractivity contribution in [2.45, 2.75) is 19.9 Å². The molecule has 0 bridgehead atoms. The minimum Gasteiger partial charge on any atom is -0.350 e. The zero-order valence-corrected chi connectivity index (χ0v) is 15.7. The van der Waals surface area contributed by atoms with Crippen LogP contribution in [0.2, 0.25) is 0 Å². The number of nitrogens with zero attached hydrogens (tertiary/aromatic N) is 5. The van der Waals surface area contributed by atoms with Crippen LogP contribution in [0.5, 0.6) is 0 Å². The molecule has 2 heterocycles. The average Bonchev–Trinajstić information content (AvgIpc) is 3.39. The molecular weight excluding hydrogens is 348 g/mol. The molecule has 1 N–H and O–H groups in total. The smallest absolute Gasteiger partial charge is 0.251 e. The third-order valence-electron chi connectivity index (χ3n) is 4.36. The second-order valence-electron chi connectivity index (χ2n) is 5.81. The van der Waals surface area contributed by atoms with E-state index in [0.717, 1.165) is 18.8 Å². The number of thiophene rings is 1. The van der Waals surface area contributed by atoms with Crippen molar-refractivity contribution in [2.24, 2.45) is 0 Å². The fourth-order valence-electron chi connectivity index (χ4n) is 2.95. The Morgan fingerprint density at radius 1 is 1.31 bits per heavy atom. The van der Waals surface area contributed by atoms with Crippen LogP contribution in [0.3, 0.4) is 0 Å². The van der Waals surface area contributed by atoms with Crippen molar-refractivity contribution in [3.63, 3.8) is 0 Å². The molecule has 0 saturated heterocycles. The van der Waals surface area contributed by atoms with Crippen LogP contribution in [-0.4, -0.2) is 50.6 Å². The third kappa shape index (κ3) is 4.14. The van der Waals surface area contributed by atoms with Crippen LogP contribution in [0.25, 0.3) is 5.69 Å². The Labute approximate surface area is 156 Å². The fraction of sp³-hybridized carbons (Fsp3) is 0.333. The first-order valence-electron chi connectivity index (χ1n) is 8.60. The maximum atomic E-state index is 12.7. The molecule has 0 spiro atoms. The van der Waals surface area contributed by atoms with Gasteiger partial charge in [0.15, 0.2) is 0 Å². The van der Waals surface area contributed by atoms with Crippen LogP contribution in [0, 0.1) is 0 Å². The number of benzene rings is 1. The molecule has 0 aliphatic heterocycles. The van der Waals surface area contributed by atoms with Crippen molar-refractivity contribution in [3.05, 3.63) is 58.5 Å². The second-order valence-corrected chi connectivity index (χ2v) is 6.59.